The summed E-state index contributed by atoms with van der Waals surface area (Å²) in [6, 6.07) is 10.6. The maximum atomic E-state index is 13.6. The molecule has 3 rings (SSSR count). The summed E-state index contributed by atoms with van der Waals surface area (Å²) in [7, 11) is -3.60. The van der Waals surface area contributed by atoms with Gasteiger partial charge in [0.2, 0.25) is 15.9 Å². The number of aryl methyl sites for hydroxylation is 1. The average molecular weight is 411 g/mol. The quantitative estimate of drug-likeness (QED) is 0.833. The number of rotatable bonds is 4. The van der Waals surface area contributed by atoms with Crippen molar-refractivity contribution < 1.29 is 17.6 Å². The third-order valence-electron chi connectivity index (χ3n) is 4.72. The molecule has 0 spiro atoms. The van der Waals surface area contributed by atoms with E-state index in [0.29, 0.717) is 29.1 Å². The summed E-state index contributed by atoms with van der Waals surface area (Å²) < 4.78 is 40.3. The first-order chi connectivity index (χ1) is 12.8. The molecular weight excluding hydrogens is 391 g/mol. The molecule has 5 nitrogen and oxygen atoms in total. The van der Waals surface area contributed by atoms with Gasteiger partial charge in [0.05, 0.1) is 4.90 Å². The van der Waals surface area contributed by atoms with Gasteiger partial charge in [0, 0.05) is 29.7 Å². The van der Waals surface area contributed by atoms with E-state index in [-0.39, 0.29) is 35.6 Å². The summed E-state index contributed by atoms with van der Waals surface area (Å²) in [6.45, 7) is 2.16. The summed E-state index contributed by atoms with van der Waals surface area (Å²) >= 11 is 5.81. The monoisotopic (exact) mass is 410 g/mol. The fraction of sp³-hybridized carbons (Fsp3) is 0.316. The number of piperidine rings is 1. The van der Waals surface area contributed by atoms with E-state index < -0.39 is 10.0 Å². The minimum absolute atomic E-state index is 0.185. The molecule has 0 atom stereocenters. The van der Waals surface area contributed by atoms with Crippen LogP contribution in [0.1, 0.15) is 18.4 Å². The van der Waals surface area contributed by atoms with Crippen LogP contribution in [-0.4, -0.2) is 31.7 Å². The molecule has 1 aliphatic heterocycles. The Labute approximate surface area is 163 Å². The molecular formula is C19H20ClFN2O3S. The van der Waals surface area contributed by atoms with Crippen molar-refractivity contribution in [3.05, 3.63) is 58.9 Å². The standard InChI is InChI=1S/C19H20ClFN2O3S/c1-13-2-5-16(12-18(13)21)22-19(24)14-8-10-23(11-9-14)27(25,26)17-6-3-15(20)4-7-17/h2-7,12,14H,8-11H2,1H3,(H,22,24). The van der Waals surface area contributed by atoms with Crippen molar-refractivity contribution in [3.8, 4) is 0 Å². The highest BCUT2D eigenvalue weighted by Crippen LogP contribution is 2.26. The maximum Gasteiger partial charge on any atom is 0.243 e. The zero-order valence-corrected chi connectivity index (χ0v) is 16.4. The van der Waals surface area contributed by atoms with Crippen molar-refractivity contribution in [2.75, 3.05) is 18.4 Å². The first-order valence-electron chi connectivity index (χ1n) is 8.60. The molecule has 27 heavy (non-hydrogen) atoms. The lowest BCUT2D eigenvalue weighted by atomic mass is 9.97. The van der Waals surface area contributed by atoms with Gasteiger partial charge in [-0.15, -0.1) is 0 Å². The molecule has 1 amide bonds. The van der Waals surface area contributed by atoms with Crippen molar-refractivity contribution in [2.45, 2.75) is 24.7 Å². The summed E-state index contributed by atoms with van der Waals surface area (Å²) in [5, 5.41) is 3.18. The van der Waals surface area contributed by atoms with Gasteiger partial charge in [0.15, 0.2) is 0 Å². The highest BCUT2D eigenvalue weighted by Gasteiger charge is 2.32. The fourth-order valence-corrected chi connectivity index (χ4v) is 4.62. The molecule has 1 saturated heterocycles. The van der Waals surface area contributed by atoms with Crippen molar-refractivity contribution >= 4 is 33.2 Å². The smallest absolute Gasteiger partial charge is 0.243 e. The van der Waals surface area contributed by atoms with E-state index in [0.717, 1.165) is 0 Å². The van der Waals surface area contributed by atoms with Crippen molar-refractivity contribution in [2.24, 2.45) is 5.92 Å². The predicted molar refractivity (Wildman–Crippen MR) is 103 cm³/mol. The zero-order valence-electron chi connectivity index (χ0n) is 14.8. The van der Waals surface area contributed by atoms with Gasteiger partial charge in [0.1, 0.15) is 5.82 Å². The van der Waals surface area contributed by atoms with Crippen molar-refractivity contribution in [3.63, 3.8) is 0 Å². The second kappa shape index (κ2) is 7.96. The molecule has 0 aromatic heterocycles. The molecule has 0 bridgehead atoms. The van der Waals surface area contributed by atoms with Gasteiger partial charge in [0.25, 0.3) is 0 Å². The van der Waals surface area contributed by atoms with Gasteiger partial charge in [-0.25, -0.2) is 12.8 Å². The molecule has 2 aromatic carbocycles. The summed E-state index contributed by atoms with van der Waals surface area (Å²) in [4.78, 5) is 12.6. The molecule has 0 unspecified atom stereocenters. The highest BCUT2D eigenvalue weighted by atomic mass is 35.5. The Morgan fingerprint density at radius 1 is 1.15 bits per heavy atom. The van der Waals surface area contributed by atoms with Crippen LogP contribution in [0.15, 0.2) is 47.4 Å². The van der Waals surface area contributed by atoms with E-state index in [1.54, 1.807) is 19.1 Å². The van der Waals surface area contributed by atoms with Crippen LogP contribution < -0.4 is 5.32 Å². The van der Waals surface area contributed by atoms with Crippen LogP contribution in [0.5, 0.6) is 0 Å². The Bertz CT molecular complexity index is 940. The number of hydrogen-bond acceptors (Lipinski definition) is 3. The number of hydrogen-bond donors (Lipinski definition) is 1. The Hall–Kier alpha value is -1.96. The van der Waals surface area contributed by atoms with E-state index in [4.69, 9.17) is 11.6 Å². The number of nitrogens with one attached hydrogen (secondary N) is 1. The molecule has 0 saturated carbocycles. The predicted octanol–water partition coefficient (Wildman–Crippen LogP) is 3.83. The number of amides is 1. The Morgan fingerprint density at radius 3 is 2.37 bits per heavy atom. The normalized spacial score (nSPS) is 16.3. The first kappa shape index (κ1) is 19.8. The van der Waals surface area contributed by atoms with Gasteiger partial charge in [-0.2, -0.15) is 4.31 Å². The Morgan fingerprint density at radius 2 is 1.78 bits per heavy atom. The molecule has 144 valence electrons. The van der Waals surface area contributed by atoms with Gasteiger partial charge in [-0.05, 0) is 61.7 Å². The van der Waals surface area contributed by atoms with Crippen LogP contribution in [0.4, 0.5) is 10.1 Å². The third kappa shape index (κ3) is 4.48. The number of nitrogens with zero attached hydrogens (tertiary/aromatic N) is 1. The molecule has 1 heterocycles. The van der Waals surface area contributed by atoms with E-state index >= 15 is 0 Å². The SMILES string of the molecule is Cc1ccc(NC(=O)C2CCN(S(=O)(=O)c3ccc(Cl)cc3)CC2)cc1F. The molecule has 1 N–H and O–H groups in total. The number of carbonyl (C=O) groups excluding carboxylic acids is 1. The van der Waals surface area contributed by atoms with Crippen molar-refractivity contribution in [1.29, 1.82) is 0 Å². The number of sulfonamides is 1. The Balaban J connectivity index is 1.61. The lowest BCUT2D eigenvalue weighted by molar-refractivity contribution is -0.120. The van der Waals surface area contributed by atoms with Gasteiger partial charge in [-0.3, -0.25) is 4.79 Å². The van der Waals surface area contributed by atoms with Gasteiger partial charge < -0.3 is 5.32 Å². The topological polar surface area (TPSA) is 66.5 Å². The van der Waals surface area contributed by atoms with Gasteiger partial charge >= 0.3 is 0 Å². The number of anilines is 1. The van der Waals surface area contributed by atoms with Crippen LogP contribution in [0, 0.1) is 18.7 Å². The Kier molecular flexibility index (Phi) is 5.83. The second-order valence-corrected chi connectivity index (χ2v) is 8.96. The number of carbonyl (C=O) groups is 1. The molecule has 0 radical (unpaired) electrons. The molecule has 2 aromatic rings. The number of halogens is 2. The minimum Gasteiger partial charge on any atom is -0.326 e. The second-order valence-electron chi connectivity index (χ2n) is 6.59. The average Bonchev–Trinajstić information content (AvgIpc) is 2.65. The lowest BCUT2D eigenvalue weighted by Crippen LogP contribution is -2.41. The number of benzene rings is 2. The largest absolute Gasteiger partial charge is 0.326 e. The van der Waals surface area contributed by atoms with Crippen molar-refractivity contribution in [1.82, 2.24) is 4.31 Å². The lowest BCUT2D eigenvalue weighted by Gasteiger charge is -2.30. The third-order valence-corrected chi connectivity index (χ3v) is 6.88. The van der Waals surface area contributed by atoms with E-state index in [2.05, 4.69) is 5.32 Å². The summed E-state index contributed by atoms with van der Waals surface area (Å²) in [5.41, 5.74) is 0.910. The molecule has 8 heteroatoms. The van der Waals surface area contributed by atoms with Crippen LogP contribution in [0.25, 0.3) is 0 Å². The van der Waals surface area contributed by atoms with Crippen LogP contribution in [0.2, 0.25) is 5.02 Å². The van der Waals surface area contributed by atoms with E-state index in [1.807, 2.05) is 0 Å². The van der Waals surface area contributed by atoms with Gasteiger partial charge in [-0.1, -0.05) is 17.7 Å². The van der Waals surface area contributed by atoms with Crippen LogP contribution in [0.3, 0.4) is 0 Å². The molecule has 1 fully saturated rings. The first-order valence-corrected chi connectivity index (χ1v) is 10.4. The highest BCUT2D eigenvalue weighted by molar-refractivity contribution is 7.89. The van der Waals surface area contributed by atoms with Crippen LogP contribution >= 0.6 is 11.6 Å². The fourth-order valence-electron chi connectivity index (χ4n) is 3.03. The van der Waals surface area contributed by atoms with E-state index in [1.165, 1.54) is 34.6 Å². The van der Waals surface area contributed by atoms with Crippen LogP contribution in [-0.2, 0) is 14.8 Å². The molecule has 1 aliphatic rings. The molecule has 0 aliphatic carbocycles. The summed E-state index contributed by atoms with van der Waals surface area (Å²) in [6.07, 6.45) is 0.819. The summed E-state index contributed by atoms with van der Waals surface area (Å²) in [5.74, 6) is -0.912. The zero-order chi connectivity index (χ0) is 19.6. The van der Waals surface area contributed by atoms with E-state index in [9.17, 15) is 17.6 Å². The minimum atomic E-state index is -3.60. The maximum absolute atomic E-state index is 13.6.